The van der Waals surface area contributed by atoms with Crippen molar-refractivity contribution in [1.29, 1.82) is 0 Å². The van der Waals surface area contributed by atoms with Crippen LogP contribution in [0.25, 0.3) is 0 Å². The molecule has 1 saturated carbocycles. The minimum Gasteiger partial charge on any atom is -0.365 e. The van der Waals surface area contributed by atoms with Gasteiger partial charge in [-0.05, 0) is 33.6 Å². The zero-order valence-electron chi connectivity index (χ0n) is 12.0. The van der Waals surface area contributed by atoms with Crippen LogP contribution in [0.3, 0.4) is 0 Å². The molecule has 106 valence electrons. The Hall–Kier alpha value is -0.610. The fraction of sp³-hybridized carbons (Fsp3) is 0.929. The van der Waals surface area contributed by atoms with Crippen LogP contribution in [0.5, 0.6) is 0 Å². The number of ether oxygens (including phenoxy) is 1. The first-order valence-corrected chi connectivity index (χ1v) is 7.10. The number of hydrogen-bond acceptors (Lipinski definition) is 3. The van der Waals surface area contributed by atoms with E-state index in [1.807, 2.05) is 20.8 Å². The van der Waals surface area contributed by atoms with E-state index in [4.69, 9.17) is 10.5 Å². The summed E-state index contributed by atoms with van der Waals surface area (Å²) in [4.78, 5) is 11.9. The Morgan fingerprint density at radius 1 is 1.33 bits per heavy atom. The molecular weight excluding hydrogens is 228 g/mol. The molecule has 1 aliphatic carbocycles. The van der Waals surface area contributed by atoms with E-state index in [1.165, 1.54) is 25.7 Å². The van der Waals surface area contributed by atoms with Crippen molar-refractivity contribution in [3.05, 3.63) is 0 Å². The lowest BCUT2D eigenvalue weighted by atomic mass is 10.1. The molecule has 0 heterocycles. The van der Waals surface area contributed by atoms with Crippen molar-refractivity contribution in [2.45, 2.75) is 77.0 Å². The summed E-state index contributed by atoms with van der Waals surface area (Å²) in [6.45, 7) is 6.09. The quantitative estimate of drug-likeness (QED) is 0.739. The van der Waals surface area contributed by atoms with Gasteiger partial charge in [-0.25, -0.2) is 0 Å². The molecule has 4 heteroatoms. The fourth-order valence-electron chi connectivity index (χ4n) is 2.19. The van der Waals surface area contributed by atoms with Gasteiger partial charge in [0, 0.05) is 12.1 Å². The highest BCUT2D eigenvalue weighted by molar-refractivity contribution is 5.80. The SMILES string of the molecule is CC(OC1CCCCCC1)C(=O)NCC(C)(C)N. The second-order valence-electron chi connectivity index (χ2n) is 6.10. The van der Waals surface area contributed by atoms with Crippen LogP contribution in [0, 0.1) is 0 Å². The second-order valence-corrected chi connectivity index (χ2v) is 6.10. The number of hydrogen-bond donors (Lipinski definition) is 2. The number of rotatable bonds is 5. The Kier molecular flexibility index (Phi) is 6.09. The van der Waals surface area contributed by atoms with Crippen LogP contribution in [0.15, 0.2) is 0 Å². The Morgan fingerprint density at radius 3 is 2.39 bits per heavy atom. The lowest BCUT2D eigenvalue weighted by molar-refractivity contribution is -0.136. The van der Waals surface area contributed by atoms with E-state index in [0.717, 1.165) is 12.8 Å². The first-order chi connectivity index (χ1) is 8.38. The predicted molar refractivity (Wildman–Crippen MR) is 73.3 cm³/mol. The smallest absolute Gasteiger partial charge is 0.248 e. The number of carbonyl (C=O) groups is 1. The van der Waals surface area contributed by atoms with Crippen LogP contribution in [-0.4, -0.2) is 30.2 Å². The van der Waals surface area contributed by atoms with Crippen molar-refractivity contribution in [2.24, 2.45) is 5.73 Å². The summed E-state index contributed by atoms with van der Waals surface area (Å²) in [5.74, 6) is -0.0576. The zero-order valence-corrected chi connectivity index (χ0v) is 12.0. The van der Waals surface area contributed by atoms with Crippen molar-refractivity contribution < 1.29 is 9.53 Å². The van der Waals surface area contributed by atoms with Crippen molar-refractivity contribution in [1.82, 2.24) is 5.32 Å². The highest BCUT2D eigenvalue weighted by Gasteiger charge is 2.21. The highest BCUT2D eigenvalue weighted by atomic mass is 16.5. The molecule has 4 nitrogen and oxygen atoms in total. The lowest BCUT2D eigenvalue weighted by Gasteiger charge is -2.23. The molecule has 1 amide bonds. The first kappa shape index (κ1) is 15.4. The Bertz CT molecular complexity index is 253. The third kappa shape index (κ3) is 6.36. The second kappa shape index (κ2) is 7.10. The Labute approximate surface area is 111 Å². The third-order valence-electron chi connectivity index (χ3n) is 3.29. The summed E-state index contributed by atoms with van der Waals surface area (Å²) < 4.78 is 5.85. The van der Waals surface area contributed by atoms with Gasteiger partial charge < -0.3 is 15.8 Å². The average Bonchev–Trinajstić information content (AvgIpc) is 2.53. The fourth-order valence-corrected chi connectivity index (χ4v) is 2.19. The van der Waals surface area contributed by atoms with Gasteiger partial charge in [0.05, 0.1) is 6.10 Å². The minimum absolute atomic E-state index is 0.0576. The number of amides is 1. The summed E-state index contributed by atoms with van der Waals surface area (Å²) in [5, 5.41) is 2.84. The van der Waals surface area contributed by atoms with Gasteiger partial charge >= 0.3 is 0 Å². The van der Waals surface area contributed by atoms with Crippen LogP contribution in [-0.2, 0) is 9.53 Å². The van der Waals surface area contributed by atoms with Crippen LogP contribution in [0.2, 0.25) is 0 Å². The van der Waals surface area contributed by atoms with E-state index in [2.05, 4.69) is 5.32 Å². The molecular formula is C14H28N2O2. The maximum atomic E-state index is 11.9. The monoisotopic (exact) mass is 256 g/mol. The molecule has 0 aromatic rings. The van der Waals surface area contributed by atoms with E-state index in [-0.39, 0.29) is 23.7 Å². The van der Waals surface area contributed by atoms with Gasteiger partial charge in [0.1, 0.15) is 6.10 Å². The van der Waals surface area contributed by atoms with E-state index in [0.29, 0.717) is 6.54 Å². The summed E-state index contributed by atoms with van der Waals surface area (Å²) in [6.07, 6.45) is 7.06. The van der Waals surface area contributed by atoms with Crippen molar-refractivity contribution in [3.63, 3.8) is 0 Å². The maximum Gasteiger partial charge on any atom is 0.248 e. The van der Waals surface area contributed by atoms with E-state index in [9.17, 15) is 4.79 Å². The summed E-state index contributed by atoms with van der Waals surface area (Å²) >= 11 is 0. The van der Waals surface area contributed by atoms with E-state index in [1.54, 1.807) is 0 Å². The molecule has 0 saturated heterocycles. The molecule has 0 spiro atoms. The van der Waals surface area contributed by atoms with Crippen molar-refractivity contribution >= 4 is 5.91 Å². The molecule has 0 bridgehead atoms. The van der Waals surface area contributed by atoms with Gasteiger partial charge in [0.15, 0.2) is 0 Å². The molecule has 0 aromatic heterocycles. The molecule has 1 aliphatic rings. The van der Waals surface area contributed by atoms with E-state index >= 15 is 0 Å². The molecule has 0 radical (unpaired) electrons. The molecule has 1 rings (SSSR count). The third-order valence-corrected chi connectivity index (χ3v) is 3.29. The van der Waals surface area contributed by atoms with Gasteiger partial charge in [-0.15, -0.1) is 0 Å². The van der Waals surface area contributed by atoms with Gasteiger partial charge in [-0.3, -0.25) is 4.79 Å². The number of nitrogens with two attached hydrogens (primary N) is 1. The van der Waals surface area contributed by atoms with Gasteiger partial charge in [0.2, 0.25) is 5.91 Å². The minimum atomic E-state index is -0.379. The van der Waals surface area contributed by atoms with Crippen molar-refractivity contribution in [3.8, 4) is 0 Å². The normalized spacial score (nSPS) is 20.2. The summed E-state index contributed by atoms with van der Waals surface area (Å²) in [7, 11) is 0. The molecule has 18 heavy (non-hydrogen) atoms. The molecule has 0 aromatic carbocycles. The average molecular weight is 256 g/mol. The zero-order chi connectivity index (χ0) is 13.6. The largest absolute Gasteiger partial charge is 0.365 e. The summed E-state index contributed by atoms with van der Waals surface area (Å²) in [5.41, 5.74) is 5.46. The first-order valence-electron chi connectivity index (χ1n) is 7.10. The molecule has 1 atom stereocenters. The number of carbonyl (C=O) groups excluding carboxylic acids is 1. The molecule has 1 unspecified atom stereocenters. The Balaban J connectivity index is 2.29. The van der Waals surface area contributed by atoms with Crippen molar-refractivity contribution in [2.75, 3.05) is 6.54 Å². The molecule has 1 fully saturated rings. The van der Waals surface area contributed by atoms with Gasteiger partial charge in [0.25, 0.3) is 0 Å². The van der Waals surface area contributed by atoms with Crippen LogP contribution in [0.1, 0.15) is 59.3 Å². The number of nitrogens with one attached hydrogen (secondary N) is 1. The molecule has 0 aliphatic heterocycles. The lowest BCUT2D eigenvalue weighted by Crippen LogP contribution is -2.48. The van der Waals surface area contributed by atoms with Crippen LogP contribution in [0.4, 0.5) is 0 Å². The molecule has 3 N–H and O–H groups in total. The van der Waals surface area contributed by atoms with Gasteiger partial charge in [-0.2, -0.15) is 0 Å². The van der Waals surface area contributed by atoms with E-state index < -0.39 is 0 Å². The van der Waals surface area contributed by atoms with Crippen LogP contribution >= 0.6 is 0 Å². The summed E-state index contributed by atoms with van der Waals surface area (Å²) in [6, 6.07) is 0. The standard InChI is InChI=1S/C14H28N2O2/c1-11(13(17)16-10-14(2,3)15)18-12-8-6-4-5-7-9-12/h11-12H,4-10,15H2,1-3H3,(H,16,17). The predicted octanol–water partition coefficient (Wildman–Crippen LogP) is 1.97. The maximum absolute atomic E-state index is 11.9. The Morgan fingerprint density at radius 2 is 1.89 bits per heavy atom. The van der Waals surface area contributed by atoms with Crippen LogP contribution < -0.4 is 11.1 Å². The highest BCUT2D eigenvalue weighted by Crippen LogP contribution is 2.20. The topological polar surface area (TPSA) is 64.3 Å². The van der Waals surface area contributed by atoms with Gasteiger partial charge in [-0.1, -0.05) is 25.7 Å².